The van der Waals surface area contributed by atoms with Crippen molar-refractivity contribution >= 4 is 16.0 Å². The highest BCUT2D eigenvalue weighted by atomic mass is 32.2. The molecule has 230 valence electrons. The van der Waals surface area contributed by atoms with E-state index in [0.29, 0.717) is 25.4 Å². The molecule has 4 aliphatic rings. The van der Waals surface area contributed by atoms with E-state index in [-0.39, 0.29) is 66.4 Å². The lowest BCUT2D eigenvalue weighted by atomic mass is 9.74. The number of ether oxygens (including phenoxy) is 4. The molecule has 2 aromatic carbocycles. The number of hydrogen-bond donors (Lipinski definition) is 1. The van der Waals surface area contributed by atoms with Gasteiger partial charge >= 0.3 is 5.97 Å². The summed E-state index contributed by atoms with van der Waals surface area (Å²) in [5, 5.41) is 11.6. The van der Waals surface area contributed by atoms with E-state index in [2.05, 4.69) is 0 Å². The summed E-state index contributed by atoms with van der Waals surface area (Å²) in [5.41, 5.74) is 0.955. The number of esters is 1. The SMILES string of the molecule is COc1ccc(S(=O)(=O)N(CC(C)C)C[C@@H](O)[C@@H](CC(=O)OC2C3CCC4C(OC3)OCC42)Cc2ccccc2)cc1. The van der Waals surface area contributed by atoms with Crippen LogP contribution in [-0.4, -0.2) is 75.7 Å². The van der Waals surface area contributed by atoms with E-state index in [1.807, 2.05) is 44.2 Å². The number of nitrogens with zero attached hydrogens (tertiary/aromatic N) is 1. The summed E-state index contributed by atoms with van der Waals surface area (Å²) in [7, 11) is -2.39. The summed E-state index contributed by atoms with van der Waals surface area (Å²) in [6.45, 7) is 4.98. The zero-order chi connectivity index (χ0) is 29.9. The van der Waals surface area contributed by atoms with E-state index in [0.717, 1.165) is 18.4 Å². The van der Waals surface area contributed by atoms with Crippen LogP contribution < -0.4 is 4.74 Å². The van der Waals surface area contributed by atoms with Gasteiger partial charge in [-0.3, -0.25) is 4.79 Å². The third-order valence-electron chi connectivity index (χ3n) is 8.82. The minimum atomic E-state index is -3.92. The van der Waals surface area contributed by atoms with Crippen molar-refractivity contribution in [3.05, 3.63) is 60.2 Å². The summed E-state index contributed by atoms with van der Waals surface area (Å²) in [6, 6.07) is 15.9. The van der Waals surface area contributed by atoms with Crippen molar-refractivity contribution in [2.45, 2.75) is 62.9 Å². The Balaban J connectivity index is 1.33. The van der Waals surface area contributed by atoms with Crippen molar-refractivity contribution in [1.29, 1.82) is 0 Å². The van der Waals surface area contributed by atoms with Crippen LogP contribution in [0.15, 0.2) is 59.5 Å². The predicted molar refractivity (Wildman–Crippen MR) is 156 cm³/mol. The molecule has 1 aliphatic carbocycles. The average molecular weight is 602 g/mol. The number of hydrogen-bond acceptors (Lipinski definition) is 8. The van der Waals surface area contributed by atoms with Gasteiger partial charge in [0.15, 0.2) is 6.29 Å². The first-order chi connectivity index (χ1) is 20.2. The van der Waals surface area contributed by atoms with Crippen LogP contribution in [0.5, 0.6) is 5.75 Å². The Morgan fingerprint density at radius 2 is 1.71 bits per heavy atom. The van der Waals surface area contributed by atoms with Crippen molar-refractivity contribution in [3.63, 3.8) is 0 Å². The fourth-order valence-corrected chi connectivity index (χ4v) is 8.25. The fraction of sp³-hybridized carbons (Fsp3) is 0.594. The molecule has 10 heteroatoms. The first-order valence-electron chi connectivity index (χ1n) is 14.9. The zero-order valence-electron chi connectivity index (χ0n) is 24.6. The van der Waals surface area contributed by atoms with Gasteiger partial charge in [-0.1, -0.05) is 44.2 Å². The molecule has 0 spiro atoms. The summed E-state index contributed by atoms with van der Waals surface area (Å²) in [4.78, 5) is 13.6. The van der Waals surface area contributed by atoms with E-state index in [1.165, 1.54) is 23.5 Å². The number of aliphatic hydroxyl groups excluding tert-OH is 1. The molecule has 42 heavy (non-hydrogen) atoms. The molecule has 3 heterocycles. The van der Waals surface area contributed by atoms with Gasteiger partial charge in [-0.05, 0) is 55.0 Å². The van der Waals surface area contributed by atoms with E-state index in [4.69, 9.17) is 18.9 Å². The minimum Gasteiger partial charge on any atom is -0.497 e. The van der Waals surface area contributed by atoms with Crippen LogP contribution in [0, 0.1) is 29.6 Å². The molecular weight excluding hydrogens is 558 g/mol. The highest BCUT2D eigenvalue weighted by Gasteiger charge is 2.52. The number of carbonyl (C=O) groups is 1. The molecule has 6 rings (SSSR count). The van der Waals surface area contributed by atoms with Crippen LogP contribution in [0.2, 0.25) is 0 Å². The van der Waals surface area contributed by atoms with Gasteiger partial charge in [-0.25, -0.2) is 8.42 Å². The number of benzene rings is 2. The van der Waals surface area contributed by atoms with Gasteiger partial charge in [0.25, 0.3) is 0 Å². The number of methoxy groups -OCH3 is 1. The van der Waals surface area contributed by atoms with Gasteiger partial charge in [0.1, 0.15) is 11.9 Å². The maximum Gasteiger partial charge on any atom is 0.306 e. The fourth-order valence-electron chi connectivity index (χ4n) is 6.62. The minimum absolute atomic E-state index is 0.0214. The van der Waals surface area contributed by atoms with Crippen molar-refractivity contribution in [3.8, 4) is 5.75 Å². The number of sulfonamides is 1. The second-order valence-corrected chi connectivity index (χ2v) is 14.2. The number of rotatable bonds is 13. The van der Waals surface area contributed by atoms with Crippen molar-refractivity contribution in [2.75, 3.05) is 33.4 Å². The van der Waals surface area contributed by atoms with Crippen molar-refractivity contribution in [2.24, 2.45) is 29.6 Å². The van der Waals surface area contributed by atoms with Crippen LogP contribution in [0.3, 0.4) is 0 Å². The smallest absolute Gasteiger partial charge is 0.306 e. The standard InChI is InChI=1S/C32H43NO8S/c1-21(2)17-33(42(36,37)26-12-10-25(38-3)11-13-26)18-29(34)24(15-22-7-5-4-6-8-22)16-30(35)41-31-23-9-14-27-28(31)20-40-32(27)39-19-23/h4-8,10-13,21,23-24,27-29,31-32,34H,9,14-20H2,1-3H3/t23?,24-,27?,28?,29-,31?,32?/m1/s1. The molecule has 3 aliphatic heterocycles. The Hall–Kier alpha value is -2.50. The van der Waals surface area contributed by atoms with E-state index in [1.54, 1.807) is 12.1 Å². The van der Waals surface area contributed by atoms with E-state index >= 15 is 0 Å². The molecule has 5 unspecified atom stereocenters. The zero-order valence-corrected chi connectivity index (χ0v) is 25.4. The highest BCUT2D eigenvalue weighted by Crippen LogP contribution is 2.46. The predicted octanol–water partition coefficient (Wildman–Crippen LogP) is 3.89. The maximum absolute atomic E-state index is 13.7. The second kappa shape index (κ2) is 13.4. The molecule has 9 nitrogen and oxygen atoms in total. The highest BCUT2D eigenvalue weighted by molar-refractivity contribution is 7.89. The van der Waals surface area contributed by atoms with Gasteiger partial charge in [-0.15, -0.1) is 0 Å². The van der Waals surface area contributed by atoms with E-state index in [9.17, 15) is 18.3 Å². The lowest BCUT2D eigenvalue weighted by molar-refractivity contribution is -0.165. The van der Waals surface area contributed by atoms with Crippen LogP contribution in [-0.2, 0) is 35.4 Å². The first-order valence-corrected chi connectivity index (χ1v) is 16.4. The Labute approximate surface area is 249 Å². The molecule has 1 saturated carbocycles. The normalized spacial score (nSPS) is 26.7. The Morgan fingerprint density at radius 3 is 2.40 bits per heavy atom. The van der Waals surface area contributed by atoms with Gasteiger partial charge in [0.05, 0.1) is 37.7 Å². The number of aliphatic hydroxyl groups is 1. The molecule has 0 radical (unpaired) electrons. The third-order valence-corrected chi connectivity index (χ3v) is 10.7. The summed E-state index contributed by atoms with van der Waals surface area (Å²) < 4.78 is 51.8. The van der Waals surface area contributed by atoms with E-state index < -0.39 is 22.0 Å². The van der Waals surface area contributed by atoms with Gasteiger partial charge in [-0.2, -0.15) is 4.31 Å². The average Bonchev–Trinajstić information content (AvgIpc) is 3.21. The molecular formula is C32H43NO8S. The third kappa shape index (κ3) is 7.00. The Kier molecular flexibility index (Phi) is 9.89. The Morgan fingerprint density at radius 1 is 1.00 bits per heavy atom. The summed E-state index contributed by atoms with van der Waals surface area (Å²) in [5.74, 6) is 0.135. The molecule has 1 N–H and O–H groups in total. The molecule has 4 fully saturated rings. The van der Waals surface area contributed by atoms with Crippen LogP contribution in [0.25, 0.3) is 0 Å². The molecule has 0 aromatic heterocycles. The number of fused-ring (bicyclic) bond motifs is 2. The maximum atomic E-state index is 13.7. The number of carbonyl (C=O) groups excluding carboxylic acids is 1. The lowest BCUT2D eigenvalue weighted by Crippen LogP contribution is -2.44. The monoisotopic (exact) mass is 601 g/mol. The molecule has 0 amide bonds. The van der Waals surface area contributed by atoms with Crippen LogP contribution in [0.1, 0.15) is 38.7 Å². The van der Waals surface area contributed by atoms with Crippen molar-refractivity contribution in [1.82, 2.24) is 4.31 Å². The van der Waals surface area contributed by atoms with Crippen molar-refractivity contribution < 1.29 is 37.3 Å². The van der Waals surface area contributed by atoms with Gasteiger partial charge < -0.3 is 24.1 Å². The first kappa shape index (κ1) is 30.9. The molecule has 7 atom stereocenters. The second-order valence-electron chi connectivity index (χ2n) is 12.3. The van der Waals surface area contributed by atoms with Crippen LogP contribution >= 0.6 is 0 Å². The lowest BCUT2D eigenvalue weighted by Gasteiger charge is -2.36. The quantitative estimate of drug-likeness (QED) is 0.344. The summed E-state index contributed by atoms with van der Waals surface area (Å²) >= 11 is 0. The molecule has 2 aromatic rings. The molecule has 3 saturated heterocycles. The summed E-state index contributed by atoms with van der Waals surface area (Å²) in [6.07, 6.45) is 0.740. The van der Waals surface area contributed by atoms with Gasteiger partial charge in [0, 0.05) is 36.8 Å². The van der Waals surface area contributed by atoms with Crippen LogP contribution in [0.4, 0.5) is 0 Å². The largest absolute Gasteiger partial charge is 0.497 e. The molecule has 4 bridgehead atoms. The topological polar surface area (TPSA) is 112 Å². The Bertz CT molecular complexity index is 1290. The van der Waals surface area contributed by atoms with Gasteiger partial charge in [0.2, 0.25) is 10.0 Å².